The van der Waals surface area contributed by atoms with Crippen molar-refractivity contribution in [2.24, 2.45) is 0 Å². The standard InChI is InChI=1S/C21H20N2O4/c1-16-6-4-7-17(12-16)14-22(15-19-9-5-11-27-19)21(24)13-18-8-2-3-10-20(18)23(25)26/h2-12H,13-15H2,1H3. The van der Waals surface area contributed by atoms with Crippen molar-refractivity contribution < 1.29 is 14.1 Å². The van der Waals surface area contributed by atoms with E-state index in [1.165, 1.54) is 6.07 Å². The van der Waals surface area contributed by atoms with Crippen LogP contribution in [-0.4, -0.2) is 15.7 Å². The van der Waals surface area contributed by atoms with Crippen molar-refractivity contribution in [3.63, 3.8) is 0 Å². The molecule has 6 nitrogen and oxygen atoms in total. The lowest BCUT2D eigenvalue weighted by molar-refractivity contribution is -0.385. The minimum Gasteiger partial charge on any atom is -0.467 e. The molecule has 1 aromatic heterocycles. The molecular weight excluding hydrogens is 344 g/mol. The summed E-state index contributed by atoms with van der Waals surface area (Å²) in [5.74, 6) is 0.473. The average molecular weight is 364 g/mol. The van der Waals surface area contributed by atoms with Crippen molar-refractivity contribution >= 4 is 11.6 Å². The maximum absolute atomic E-state index is 13.0. The van der Waals surface area contributed by atoms with Crippen LogP contribution in [0.4, 0.5) is 5.69 Å². The van der Waals surface area contributed by atoms with Gasteiger partial charge in [0.2, 0.25) is 5.91 Å². The molecule has 0 aliphatic carbocycles. The molecule has 3 rings (SSSR count). The number of aryl methyl sites for hydroxylation is 1. The number of para-hydroxylation sites is 1. The first-order valence-corrected chi connectivity index (χ1v) is 8.61. The van der Waals surface area contributed by atoms with Gasteiger partial charge >= 0.3 is 0 Å². The van der Waals surface area contributed by atoms with E-state index in [9.17, 15) is 14.9 Å². The molecule has 6 heteroatoms. The third-order valence-corrected chi connectivity index (χ3v) is 4.27. The largest absolute Gasteiger partial charge is 0.467 e. The van der Waals surface area contributed by atoms with E-state index in [0.29, 0.717) is 24.4 Å². The van der Waals surface area contributed by atoms with Crippen LogP contribution < -0.4 is 0 Å². The Balaban J connectivity index is 1.83. The molecule has 0 N–H and O–H groups in total. The van der Waals surface area contributed by atoms with E-state index in [1.54, 1.807) is 35.4 Å². The van der Waals surface area contributed by atoms with E-state index in [4.69, 9.17) is 4.42 Å². The quantitative estimate of drug-likeness (QED) is 0.463. The van der Waals surface area contributed by atoms with Gasteiger partial charge in [0.15, 0.2) is 0 Å². The molecule has 0 aliphatic heterocycles. The number of hydrogen-bond donors (Lipinski definition) is 0. The molecule has 0 spiro atoms. The summed E-state index contributed by atoms with van der Waals surface area (Å²) in [7, 11) is 0. The molecule has 3 aromatic rings. The van der Waals surface area contributed by atoms with Crippen molar-refractivity contribution in [3.8, 4) is 0 Å². The van der Waals surface area contributed by atoms with Gasteiger partial charge in [-0.15, -0.1) is 0 Å². The lowest BCUT2D eigenvalue weighted by Gasteiger charge is -2.22. The van der Waals surface area contributed by atoms with Crippen LogP contribution in [0, 0.1) is 17.0 Å². The summed E-state index contributed by atoms with van der Waals surface area (Å²) in [6.07, 6.45) is 1.52. The highest BCUT2D eigenvalue weighted by molar-refractivity contribution is 5.80. The van der Waals surface area contributed by atoms with Crippen LogP contribution in [0.2, 0.25) is 0 Å². The Morgan fingerprint density at radius 2 is 1.89 bits per heavy atom. The van der Waals surface area contributed by atoms with Crippen LogP contribution in [0.3, 0.4) is 0 Å². The summed E-state index contributed by atoms with van der Waals surface area (Å²) in [5, 5.41) is 11.2. The van der Waals surface area contributed by atoms with Gasteiger partial charge in [-0.3, -0.25) is 14.9 Å². The zero-order valence-electron chi connectivity index (χ0n) is 15.0. The van der Waals surface area contributed by atoms with Crippen molar-refractivity contribution in [3.05, 3.63) is 99.5 Å². The Bertz CT molecular complexity index is 935. The zero-order chi connectivity index (χ0) is 19.2. The number of rotatable bonds is 7. The van der Waals surface area contributed by atoms with Gasteiger partial charge in [0.1, 0.15) is 5.76 Å². The summed E-state index contributed by atoms with van der Waals surface area (Å²) >= 11 is 0. The molecule has 2 aromatic carbocycles. The number of carbonyl (C=O) groups is 1. The van der Waals surface area contributed by atoms with Crippen LogP contribution >= 0.6 is 0 Å². The number of amides is 1. The molecule has 138 valence electrons. The topological polar surface area (TPSA) is 76.6 Å². The highest BCUT2D eigenvalue weighted by Gasteiger charge is 2.21. The van der Waals surface area contributed by atoms with Crippen molar-refractivity contribution in [2.45, 2.75) is 26.4 Å². The van der Waals surface area contributed by atoms with Gasteiger partial charge in [0.05, 0.1) is 24.2 Å². The molecule has 0 fully saturated rings. The van der Waals surface area contributed by atoms with Crippen LogP contribution in [0.15, 0.2) is 71.3 Å². The third kappa shape index (κ3) is 4.82. The fourth-order valence-electron chi connectivity index (χ4n) is 2.97. The first kappa shape index (κ1) is 18.4. The average Bonchev–Trinajstić information content (AvgIpc) is 3.14. The predicted molar refractivity (Wildman–Crippen MR) is 101 cm³/mol. The van der Waals surface area contributed by atoms with Gasteiger partial charge in [-0.25, -0.2) is 0 Å². The SMILES string of the molecule is Cc1cccc(CN(Cc2ccco2)C(=O)Cc2ccccc2[N+](=O)[O-])c1. The number of carbonyl (C=O) groups excluding carboxylic acids is 1. The van der Waals surface area contributed by atoms with Gasteiger partial charge in [-0.05, 0) is 24.6 Å². The number of hydrogen-bond acceptors (Lipinski definition) is 4. The highest BCUT2D eigenvalue weighted by Crippen LogP contribution is 2.20. The molecule has 0 unspecified atom stereocenters. The van der Waals surface area contributed by atoms with Crippen LogP contribution in [0.25, 0.3) is 0 Å². The van der Waals surface area contributed by atoms with Gasteiger partial charge < -0.3 is 9.32 Å². The monoisotopic (exact) mass is 364 g/mol. The molecule has 1 amide bonds. The van der Waals surface area contributed by atoms with Crippen molar-refractivity contribution in [1.82, 2.24) is 4.90 Å². The molecule has 0 saturated carbocycles. The maximum Gasteiger partial charge on any atom is 0.273 e. The fraction of sp³-hybridized carbons (Fsp3) is 0.190. The van der Waals surface area contributed by atoms with Crippen molar-refractivity contribution in [2.75, 3.05) is 0 Å². The smallest absolute Gasteiger partial charge is 0.273 e. The lowest BCUT2D eigenvalue weighted by Crippen LogP contribution is -2.31. The summed E-state index contributed by atoms with van der Waals surface area (Å²) in [6, 6.07) is 17.8. The number of nitro benzene ring substituents is 1. The number of benzene rings is 2. The molecule has 0 radical (unpaired) electrons. The van der Waals surface area contributed by atoms with Gasteiger partial charge in [0, 0.05) is 18.2 Å². The summed E-state index contributed by atoms with van der Waals surface area (Å²) in [4.78, 5) is 25.4. The molecule has 0 atom stereocenters. The summed E-state index contributed by atoms with van der Waals surface area (Å²) < 4.78 is 5.39. The molecule has 0 saturated heterocycles. The van der Waals surface area contributed by atoms with Crippen LogP contribution in [0.1, 0.15) is 22.5 Å². The minimum absolute atomic E-state index is 0.0380. The van der Waals surface area contributed by atoms with Crippen molar-refractivity contribution in [1.29, 1.82) is 0 Å². The van der Waals surface area contributed by atoms with E-state index in [-0.39, 0.29) is 18.0 Å². The highest BCUT2D eigenvalue weighted by atomic mass is 16.6. The Morgan fingerprint density at radius 1 is 1.07 bits per heavy atom. The van der Waals surface area contributed by atoms with Gasteiger partial charge in [0.25, 0.3) is 5.69 Å². The lowest BCUT2D eigenvalue weighted by atomic mass is 10.1. The van der Waals surface area contributed by atoms with E-state index >= 15 is 0 Å². The first-order chi connectivity index (χ1) is 13.0. The second-order valence-electron chi connectivity index (χ2n) is 6.38. The maximum atomic E-state index is 13.0. The predicted octanol–water partition coefficient (Wildman–Crippen LogP) is 4.27. The Hall–Kier alpha value is -3.41. The van der Waals surface area contributed by atoms with E-state index < -0.39 is 4.92 Å². The Labute approximate surface area is 157 Å². The second kappa shape index (κ2) is 8.31. The van der Waals surface area contributed by atoms with E-state index in [0.717, 1.165) is 11.1 Å². The summed E-state index contributed by atoms with van der Waals surface area (Å²) in [5.41, 5.74) is 2.47. The molecule has 1 heterocycles. The number of furan rings is 1. The van der Waals surface area contributed by atoms with Gasteiger partial charge in [-0.2, -0.15) is 0 Å². The fourth-order valence-corrected chi connectivity index (χ4v) is 2.97. The van der Waals surface area contributed by atoms with E-state index in [2.05, 4.69) is 0 Å². The Kier molecular flexibility index (Phi) is 5.66. The molecule has 27 heavy (non-hydrogen) atoms. The molecular formula is C21H20N2O4. The summed E-state index contributed by atoms with van der Waals surface area (Å²) in [6.45, 7) is 2.71. The molecule has 0 aliphatic rings. The molecule has 0 bridgehead atoms. The van der Waals surface area contributed by atoms with E-state index in [1.807, 2.05) is 37.3 Å². The number of nitrogens with zero attached hydrogens (tertiary/aromatic N) is 2. The third-order valence-electron chi connectivity index (χ3n) is 4.27. The second-order valence-corrected chi connectivity index (χ2v) is 6.38. The normalized spacial score (nSPS) is 10.6. The zero-order valence-corrected chi connectivity index (χ0v) is 15.0. The minimum atomic E-state index is -0.458. The van der Waals surface area contributed by atoms with Crippen LogP contribution in [0.5, 0.6) is 0 Å². The number of nitro groups is 1. The first-order valence-electron chi connectivity index (χ1n) is 8.61. The van der Waals surface area contributed by atoms with Crippen LogP contribution in [-0.2, 0) is 24.3 Å². The Morgan fingerprint density at radius 3 is 2.59 bits per heavy atom. The van der Waals surface area contributed by atoms with Gasteiger partial charge in [-0.1, -0.05) is 48.0 Å².